The first-order chi connectivity index (χ1) is 16.5. The van der Waals surface area contributed by atoms with E-state index in [2.05, 4.69) is 5.32 Å². The summed E-state index contributed by atoms with van der Waals surface area (Å²) in [5.74, 6) is 1.58. The molecule has 34 heavy (non-hydrogen) atoms. The van der Waals surface area contributed by atoms with Gasteiger partial charge < -0.3 is 29.2 Å². The molecule has 0 aromatic heterocycles. The maximum Gasteiger partial charge on any atom is 0.248 e. The van der Waals surface area contributed by atoms with Gasteiger partial charge in [-0.3, -0.25) is 9.59 Å². The molecule has 2 aromatic carbocycles. The third-order valence-electron chi connectivity index (χ3n) is 6.19. The molecule has 8 nitrogen and oxygen atoms in total. The van der Waals surface area contributed by atoms with E-state index in [-0.39, 0.29) is 30.3 Å². The lowest BCUT2D eigenvalue weighted by atomic mass is 9.83. The molecular formula is C26H34N2O6. The minimum atomic E-state index is -0.316. The van der Waals surface area contributed by atoms with E-state index in [0.29, 0.717) is 44.0 Å². The van der Waals surface area contributed by atoms with Gasteiger partial charge in [-0.2, -0.15) is 0 Å². The molecule has 2 amide bonds. The Labute approximate surface area is 201 Å². The number of carbonyl (C=O) groups is 2. The van der Waals surface area contributed by atoms with Crippen LogP contribution in [-0.2, 0) is 20.7 Å². The SMILES string of the molecule is COCC(=O)N1CC(C(=O)NCCc2ccc(OC)cc2)CC(c2ccc(OC)c(OC)c2)C1. The molecule has 0 saturated carbocycles. The highest BCUT2D eigenvalue weighted by Gasteiger charge is 2.34. The number of methoxy groups -OCH3 is 4. The molecule has 2 atom stereocenters. The highest BCUT2D eigenvalue weighted by Crippen LogP contribution is 2.36. The lowest BCUT2D eigenvalue weighted by Crippen LogP contribution is -2.49. The number of carbonyl (C=O) groups excluding carboxylic acids is 2. The first-order valence-corrected chi connectivity index (χ1v) is 11.4. The topological polar surface area (TPSA) is 86.3 Å². The molecule has 0 bridgehead atoms. The van der Waals surface area contributed by atoms with Crippen molar-refractivity contribution in [3.8, 4) is 17.2 Å². The van der Waals surface area contributed by atoms with Crippen molar-refractivity contribution >= 4 is 11.8 Å². The Morgan fingerprint density at radius 1 is 0.941 bits per heavy atom. The van der Waals surface area contributed by atoms with Gasteiger partial charge in [-0.25, -0.2) is 0 Å². The van der Waals surface area contributed by atoms with E-state index in [0.717, 1.165) is 16.9 Å². The van der Waals surface area contributed by atoms with Gasteiger partial charge in [0.2, 0.25) is 11.8 Å². The standard InChI is InChI=1S/C26H34N2O6/c1-31-17-25(29)28-15-20(19-7-10-23(33-3)24(14-19)34-4)13-21(16-28)26(30)27-12-11-18-5-8-22(32-2)9-6-18/h5-10,14,20-21H,11-13,15-17H2,1-4H3,(H,27,30). The average Bonchev–Trinajstić information content (AvgIpc) is 2.88. The van der Waals surface area contributed by atoms with Crippen LogP contribution in [-0.4, -0.2) is 71.4 Å². The average molecular weight is 471 g/mol. The van der Waals surface area contributed by atoms with Crippen molar-refractivity contribution in [1.29, 1.82) is 0 Å². The fraction of sp³-hybridized carbons (Fsp3) is 0.462. The van der Waals surface area contributed by atoms with Gasteiger partial charge in [-0.05, 0) is 48.2 Å². The lowest BCUT2D eigenvalue weighted by molar-refractivity contribution is -0.139. The molecule has 1 fully saturated rings. The van der Waals surface area contributed by atoms with Gasteiger partial charge in [-0.15, -0.1) is 0 Å². The summed E-state index contributed by atoms with van der Waals surface area (Å²) in [6.45, 7) is 1.41. The molecule has 1 N–H and O–H groups in total. The smallest absolute Gasteiger partial charge is 0.248 e. The van der Waals surface area contributed by atoms with Gasteiger partial charge >= 0.3 is 0 Å². The van der Waals surface area contributed by atoms with Gasteiger partial charge in [0.1, 0.15) is 12.4 Å². The molecule has 3 rings (SSSR count). The van der Waals surface area contributed by atoms with Crippen LogP contribution < -0.4 is 19.5 Å². The largest absolute Gasteiger partial charge is 0.497 e. The Morgan fingerprint density at radius 2 is 1.68 bits per heavy atom. The zero-order valence-corrected chi connectivity index (χ0v) is 20.3. The maximum atomic E-state index is 13.1. The lowest BCUT2D eigenvalue weighted by Gasteiger charge is -2.37. The number of nitrogens with one attached hydrogen (secondary N) is 1. The summed E-state index contributed by atoms with van der Waals surface area (Å²) in [6.07, 6.45) is 1.36. The molecule has 8 heteroatoms. The first kappa shape index (κ1) is 25.4. The van der Waals surface area contributed by atoms with Crippen molar-refractivity contribution in [1.82, 2.24) is 10.2 Å². The van der Waals surface area contributed by atoms with Crippen LogP contribution >= 0.6 is 0 Å². The van der Waals surface area contributed by atoms with E-state index < -0.39 is 0 Å². The second-order valence-corrected chi connectivity index (χ2v) is 8.36. The summed E-state index contributed by atoms with van der Waals surface area (Å²) >= 11 is 0. The van der Waals surface area contributed by atoms with Gasteiger partial charge in [0.25, 0.3) is 0 Å². The second kappa shape index (κ2) is 12.3. The minimum absolute atomic E-state index is 0.00768. The third kappa shape index (κ3) is 6.41. The summed E-state index contributed by atoms with van der Waals surface area (Å²) in [5.41, 5.74) is 2.12. The van der Waals surface area contributed by atoms with Crippen molar-refractivity contribution in [2.45, 2.75) is 18.8 Å². The van der Waals surface area contributed by atoms with Crippen LogP contribution in [0.2, 0.25) is 0 Å². The Bertz CT molecular complexity index is 962. The quantitative estimate of drug-likeness (QED) is 0.575. The molecule has 0 spiro atoms. The van der Waals surface area contributed by atoms with E-state index in [4.69, 9.17) is 18.9 Å². The predicted molar refractivity (Wildman–Crippen MR) is 129 cm³/mol. The van der Waals surface area contributed by atoms with Crippen LogP contribution in [0.15, 0.2) is 42.5 Å². The van der Waals surface area contributed by atoms with E-state index in [9.17, 15) is 9.59 Å². The van der Waals surface area contributed by atoms with E-state index in [1.54, 1.807) is 26.2 Å². The number of piperidine rings is 1. The van der Waals surface area contributed by atoms with E-state index >= 15 is 0 Å². The van der Waals surface area contributed by atoms with Crippen molar-refractivity contribution in [3.05, 3.63) is 53.6 Å². The predicted octanol–water partition coefficient (Wildman–Crippen LogP) is 2.65. The van der Waals surface area contributed by atoms with Gasteiger partial charge in [0, 0.05) is 32.7 Å². The summed E-state index contributed by atoms with van der Waals surface area (Å²) in [7, 11) is 6.32. The van der Waals surface area contributed by atoms with Crippen LogP contribution in [0.25, 0.3) is 0 Å². The Kier molecular flexibility index (Phi) is 9.16. The summed E-state index contributed by atoms with van der Waals surface area (Å²) in [6, 6.07) is 13.5. The first-order valence-electron chi connectivity index (χ1n) is 11.4. The van der Waals surface area contributed by atoms with Crippen molar-refractivity contribution < 1.29 is 28.5 Å². The second-order valence-electron chi connectivity index (χ2n) is 8.36. The fourth-order valence-corrected chi connectivity index (χ4v) is 4.32. The molecular weight excluding hydrogens is 436 g/mol. The van der Waals surface area contributed by atoms with E-state index in [1.165, 1.54) is 7.11 Å². The fourth-order valence-electron chi connectivity index (χ4n) is 4.32. The molecule has 1 aliphatic rings. The molecule has 2 aromatic rings. The number of likely N-dealkylation sites (tertiary alicyclic amines) is 1. The Morgan fingerprint density at radius 3 is 2.32 bits per heavy atom. The van der Waals surface area contributed by atoms with Crippen LogP contribution in [0, 0.1) is 5.92 Å². The Hall–Kier alpha value is -3.26. The minimum Gasteiger partial charge on any atom is -0.497 e. The van der Waals surface area contributed by atoms with Crippen LogP contribution in [0.4, 0.5) is 0 Å². The number of amides is 2. The molecule has 0 aliphatic carbocycles. The van der Waals surface area contributed by atoms with Crippen molar-refractivity contribution in [2.24, 2.45) is 5.92 Å². The summed E-state index contributed by atoms with van der Waals surface area (Å²) < 4.78 is 21.0. The number of hydrogen-bond donors (Lipinski definition) is 1. The van der Waals surface area contributed by atoms with Gasteiger partial charge in [-0.1, -0.05) is 18.2 Å². The highest BCUT2D eigenvalue weighted by molar-refractivity contribution is 5.82. The molecule has 0 radical (unpaired) electrons. The maximum absolute atomic E-state index is 13.1. The zero-order valence-electron chi connectivity index (χ0n) is 20.3. The van der Waals surface area contributed by atoms with Gasteiger partial charge in [0.15, 0.2) is 11.5 Å². The van der Waals surface area contributed by atoms with Crippen LogP contribution in [0.1, 0.15) is 23.5 Å². The van der Waals surface area contributed by atoms with Crippen molar-refractivity contribution in [2.75, 3.05) is 54.7 Å². The molecule has 184 valence electrons. The number of ether oxygens (including phenoxy) is 4. The number of nitrogens with zero attached hydrogens (tertiary/aromatic N) is 1. The number of benzene rings is 2. The van der Waals surface area contributed by atoms with Crippen molar-refractivity contribution in [3.63, 3.8) is 0 Å². The molecule has 1 aliphatic heterocycles. The molecule has 1 heterocycles. The molecule has 1 saturated heterocycles. The third-order valence-corrected chi connectivity index (χ3v) is 6.19. The highest BCUT2D eigenvalue weighted by atomic mass is 16.5. The van der Waals surface area contributed by atoms with Crippen LogP contribution in [0.5, 0.6) is 17.2 Å². The summed E-state index contributed by atoms with van der Waals surface area (Å²) in [5, 5.41) is 3.05. The zero-order chi connectivity index (χ0) is 24.5. The number of hydrogen-bond acceptors (Lipinski definition) is 6. The normalized spacial score (nSPS) is 17.7. The molecule has 2 unspecified atom stereocenters. The Balaban J connectivity index is 1.69. The van der Waals surface area contributed by atoms with Gasteiger partial charge in [0.05, 0.1) is 27.2 Å². The van der Waals surface area contributed by atoms with E-state index in [1.807, 2.05) is 42.5 Å². The monoisotopic (exact) mass is 470 g/mol. The summed E-state index contributed by atoms with van der Waals surface area (Å²) in [4.78, 5) is 27.4. The van der Waals surface area contributed by atoms with Crippen LogP contribution in [0.3, 0.4) is 0 Å². The number of rotatable bonds is 10.